The molecule has 0 bridgehead atoms. The van der Waals surface area contributed by atoms with Crippen molar-refractivity contribution in [2.45, 2.75) is 46.1 Å². The van der Waals surface area contributed by atoms with E-state index < -0.39 is 12.0 Å². The van der Waals surface area contributed by atoms with Crippen LogP contribution < -0.4 is 9.47 Å². The van der Waals surface area contributed by atoms with Gasteiger partial charge in [-0.3, -0.25) is 9.69 Å². The van der Waals surface area contributed by atoms with Gasteiger partial charge in [0, 0.05) is 0 Å². The molecule has 9 heteroatoms. The summed E-state index contributed by atoms with van der Waals surface area (Å²) in [5.41, 5.74) is 1.39. The van der Waals surface area contributed by atoms with Gasteiger partial charge >= 0.3 is 5.97 Å². The summed E-state index contributed by atoms with van der Waals surface area (Å²) in [6, 6.07) is 11.8. The quantitative estimate of drug-likeness (QED) is 0.115. The predicted octanol–water partition coefficient (Wildman–Crippen LogP) is 6.92. The molecule has 3 rings (SSSR count). The van der Waals surface area contributed by atoms with Crippen molar-refractivity contribution in [1.29, 1.82) is 0 Å². The number of amides is 1. The standard InChI is InChI=1S/C27H30BrNO5S2/c1-4-7-11-14-34-24-20(28)15-18(16-21(24)32-5-2)17-22-25(30)29(27(35)36-22)23(26(31)33-6-3)19-12-9-8-10-13-19/h8-10,12-13,15-17,23H,4-7,11,14H2,1-3H3/b22-17-. The van der Waals surface area contributed by atoms with Gasteiger partial charge < -0.3 is 14.2 Å². The van der Waals surface area contributed by atoms with Crippen molar-refractivity contribution < 1.29 is 23.8 Å². The van der Waals surface area contributed by atoms with Gasteiger partial charge in [0.25, 0.3) is 5.91 Å². The number of ether oxygens (including phenoxy) is 3. The van der Waals surface area contributed by atoms with E-state index in [2.05, 4.69) is 22.9 Å². The first kappa shape index (κ1) is 28.2. The Labute approximate surface area is 230 Å². The topological polar surface area (TPSA) is 65.1 Å². The van der Waals surface area contributed by atoms with Crippen LogP contribution in [0.15, 0.2) is 51.8 Å². The van der Waals surface area contributed by atoms with Crippen LogP contribution in [-0.2, 0) is 14.3 Å². The van der Waals surface area contributed by atoms with Gasteiger partial charge in [0.1, 0.15) is 4.32 Å². The van der Waals surface area contributed by atoms with E-state index in [0.29, 0.717) is 39.5 Å². The van der Waals surface area contributed by atoms with E-state index in [-0.39, 0.29) is 12.5 Å². The van der Waals surface area contributed by atoms with Crippen LogP contribution in [-0.4, -0.2) is 40.9 Å². The summed E-state index contributed by atoms with van der Waals surface area (Å²) < 4.78 is 18.1. The lowest BCUT2D eigenvalue weighted by Crippen LogP contribution is -2.38. The van der Waals surface area contributed by atoms with Crippen molar-refractivity contribution in [1.82, 2.24) is 4.90 Å². The molecule has 0 spiro atoms. The zero-order chi connectivity index (χ0) is 26.1. The number of carbonyl (C=O) groups excluding carboxylic acids is 2. The second-order valence-electron chi connectivity index (χ2n) is 7.94. The van der Waals surface area contributed by atoms with Crippen molar-refractivity contribution in [3.63, 3.8) is 0 Å². The van der Waals surface area contributed by atoms with Gasteiger partial charge in [-0.1, -0.05) is 74.1 Å². The van der Waals surface area contributed by atoms with E-state index in [0.717, 1.165) is 41.1 Å². The molecule has 1 aliphatic rings. The van der Waals surface area contributed by atoms with Crippen molar-refractivity contribution in [3.8, 4) is 11.5 Å². The van der Waals surface area contributed by atoms with Gasteiger partial charge in [-0.2, -0.15) is 0 Å². The highest BCUT2D eigenvalue weighted by Crippen LogP contribution is 2.41. The van der Waals surface area contributed by atoms with Gasteiger partial charge in [0.05, 0.1) is 29.2 Å². The number of halogens is 1. The minimum atomic E-state index is -0.950. The fourth-order valence-corrected chi connectivity index (χ4v) is 5.59. The first-order valence-corrected chi connectivity index (χ1v) is 14.0. The van der Waals surface area contributed by atoms with Crippen LogP contribution in [0.3, 0.4) is 0 Å². The van der Waals surface area contributed by atoms with Crippen LogP contribution in [0.4, 0.5) is 0 Å². The lowest BCUT2D eigenvalue weighted by atomic mass is 10.1. The molecule has 6 nitrogen and oxygen atoms in total. The van der Waals surface area contributed by atoms with Crippen LogP contribution in [0, 0.1) is 0 Å². The number of hydrogen-bond donors (Lipinski definition) is 0. The third kappa shape index (κ3) is 6.89. The minimum absolute atomic E-state index is 0.202. The predicted molar refractivity (Wildman–Crippen MR) is 151 cm³/mol. The fourth-order valence-electron chi connectivity index (χ4n) is 3.70. The molecule has 2 aromatic rings. The average molecular weight is 593 g/mol. The lowest BCUT2D eigenvalue weighted by Gasteiger charge is -2.25. The number of thioether (sulfide) groups is 1. The highest BCUT2D eigenvalue weighted by Gasteiger charge is 2.42. The average Bonchev–Trinajstić information content (AvgIpc) is 3.12. The fraction of sp³-hybridized carbons (Fsp3) is 0.370. The summed E-state index contributed by atoms with van der Waals surface area (Å²) in [7, 11) is 0. The molecule has 1 fully saturated rings. The molecule has 192 valence electrons. The Morgan fingerprint density at radius 2 is 1.86 bits per heavy atom. The van der Waals surface area contributed by atoms with Crippen LogP contribution in [0.2, 0.25) is 0 Å². The van der Waals surface area contributed by atoms with E-state index in [1.165, 1.54) is 4.90 Å². The van der Waals surface area contributed by atoms with E-state index in [9.17, 15) is 9.59 Å². The number of hydrogen-bond acceptors (Lipinski definition) is 7. The van der Waals surface area contributed by atoms with Crippen LogP contribution in [0.1, 0.15) is 57.2 Å². The van der Waals surface area contributed by atoms with Crippen molar-refractivity contribution in [3.05, 3.63) is 63.0 Å². The zero-order valence-electron chi connectivity index (χ0n) is 20.6. The largest absolute Gasteiger partial charge is 0.490 e. The number of nitrogens with zero attached hydrogens (tertiary/aromatic N) is 1. The number of unbranched alkanes of at least 4 members (excludes halogenated alkanes) is 2. The highest BCUT2D eigenvalue weighted by atomic mass is 79.9. The molecule has 1 aliphatic heterocycles. The lowest BCUT2D eigenvalue weighted by molar-refractivity contribution is -0.151. The molecule has 1 atom stereocenters. The first-order chi connectivity index (χ1) is 17.4. The van der Waals surface area contributed by atoms with Crippen LogP contribution in [0.5, 0.6) is 11.5 Å². The molecule has 1 saturated heterocycles. The van der Waals surface area contributed by atoms with E-state index in [1.54, 1.807) is 25.1 Å². The first-order valence-electron chi connectivity index (χ1n) is 12.0. The smallest absolute Gasteiger partial charge is 0.333 e. The summed E-state index contributed by atoms with van der Waals surface area (Å²) in [6.07, 6.45) is 4.92. The molecule has 0 aromatic heterocycles. The minimum Gasteiger partial charge on any atom is -0.490 e. The molecular weight excluding hydrogens is 562 g/mol. The monoisotopic (exact) mass is 591 g/mol. The normalized spacial score (nSPS) is 15.3. The number of thiocarbonyl (C=S) groups is 1. The summed E-state index contributed by atoms with van der Waals surface area (Å²) in [5.74, 6) is 0.371. The molecular formula is C27H30BrNO5S2. The molecule has 0 aliphatic carbocycles. The second-order valence-corrected chi connectivity index (χ2v) is 10.5. The molecule has 1 heterocycles. The van der Waals surface area contributed by atoms with Gasteiger partial charge in [-0.05, 0) is 65.5 Å². The summed E-state index contributed by atoms with van der Waals surface area (Å²) in [6.45, 7) is 7.06. The maximum absolute atomic E-state index is 13.5. The van der Waals surface area contributed by atoms with E-state index in [4.69, 9.17) is 26.4 Å². The third-order valence-corrected chi connectivity index (χ3v) is 7.25. The van der Waals surface area contributed by atoms with Crippen molar-refractivity contribution >= 4 is 62.2 Å². The Hall–Kier alpha value is -2.36. The Balaban J connectivity index is 1.91. The molecule has 0 saturated carbocycles. The SMILES string of the molecule is CCCCCOc1c(Br)cc(/C=C2\SC(=S)N(C(C(=O)OCC)c3ccccc3)C2=O)cc1OCC. The van der Waals surface area contributed by atoms with Gasteiger partial charge in [-0.25, -0.2) is 4.79 Å². The maximum Gasteiger partial charge on any atom is 0.333 e. The van der Waals surface area contributed by atoms with E-state index >= 15 is 0 Å². The van der Waals surface area contributed by atoms with Gasteiger partial charge in [0.15, 0.2) is 17.5 Å². The number of rotatable bonds is 12. The maximum atomic E-state index is 13.5. The van der Waals surface area contributed by atoms with E-state index in [1.807, 2.05) is 37.3 Å². The number of carbonyl (C=O) groups is 2. The molecule has 0 N–H and O–H groups in total. The van der Waals surface area contributed by atoms with Crippen molar-refractivity contribution in [2.75, 3.05) is 19.8 Å². The number of esters is 1. The third-order valence-electron chi connectivity index (χ3n) is 5.33. The second kappa shape index (κ2) is 13.8. The molecule has 36 heavy (non-hydrogen) atoms. The molecule has 2 aromatic carbocycles. The molecule has 1 amide bonds. The summed E-state index contributed by atoms with van der Waals surface area (Å²) >= 11 is 10.3. The zero-order valence-corrected chi connectivity index (χ0v) is 23.8. The summed E-state index contributed by atoms with van der Waals surface area (Å²) in [4.78, 5) is 28.1. The van der Waals surface area contributed by atoms with Crippen molar-refractivity contribution in [2.24, 2.45) is 0 Å². The molecule has 1 unspecified atom stereocenters. The Morgan fingerprint density at radius 3 is 2.53 bits per heavy atom. The van der Waals surface area contributed by atoms with Gasteiger partial charge in [0.2, 0.25) is 0 Å². The Kier molecular flexibility index (Phi) is 10.8. The van der Waals surface area contributed by atoms with Gasteiger partial charge in [-0.15, -0.1) is 0 Å². The number of benzene rings is 2. The molecule has 0 radical (unpaired) electrons. The Morgan fingerprint density at radius 1 is 1.11 bits per heavy atom. The Bertz CT molecular complexity index is 1120. The highest BCUT2D eigenvalue weighted by molar-refractivity contribution is 9.10. The summed E-state index contributed by atoms with van der Waals surface area (Å²) in [5, 5.41) is 0. The van der Waals surface area contributed by atoms with Crippen LogP contribution in [0.25, 0.3) is 6.08 Å². The van der Waals surface area contributed by atoms with Crippen LogP contribution >= 0.6 is 39.9 Å².